The number of rotatable bonds is 9. The Labute approximate surface area is 242 Å². The molecule has 41 heavy (non-hydrogen) atoms. The van der Waals surface area contributed by atoms with Crippen LogP contribution in [0.4, 0.5) is 11.5 Å². The molecule has 1 unspecified atom stereocenters. The third kappa shape index (κ3) is 6.31. The van der Waals surface area contributed by atoms with Crippen molar-refractivity contribution in [1.29, 1.82) is 0 Å². The topological polar surface area (TPSA) is 105 Å². The summed E-state index contributed by atoms with van der Waals surface area (Å²) in [5.41, 5.74) is 5.90. The summed E-state index contributed by atoms with van der Waals surface area (Å²) in [4.78, 5) is 40.4. The van der Waals surface area contributed by atoms with Crippen molar-refractivity contribution in [2.45, 2.75) is 53.3 Å². The Hall–Kier alpha value is -3.69. The fourth-order valence-corrected chi connectivity index (χ4v) is 5.69. The monoisotopic (exact) mass is 558 g/mol. The predicted octanol–water partition coefficient (Wildman–Crippen LogP) is 3.60. The van der Waals surface area contributed by atoms with Crippen LogP contribution in [0.2, 0.25) is 0 Å². The molecule has 1 aliphatic carbocycles. The van der Waals surface area contributed by atoms with Crippen molar-refractivity contribution >= 4 is 17.4 Å². The van der Waals surface area contributed by atoms with Gasteiger partial charge in [-0.2, -0.15) is 0 Å². The number of benzene rings is 1. The van der Waals surface area contributed by atoms with Gasteiger partial charge in [0.1, 0.15) is 12.0 Å². The van der Waals surface area contributed by atoms with Gasteiger partial charge in [0.25, 0.3) is 11.5 Å². The molecule has 2 aliphatic rings. The van der Waals surface area contributed by atoms with Crippen molar-refractivity contribution in [2.75, 3.05) is 49.6 Å². The minimum absolute atomic E-state index is 0.128. The Morgan fingerprint density at radius 3 is 2.46 bits per heavy atom. The molecule has 2 fully saturated rings. The molecule has 1 amide bonds. The van der Waals surface area contributed by atoms with Crippen LogP contribution >= 0.6 is 0 Å². The number of nitrogens with one attached hydrogen (secondary N) is 2. The van der Waals surface area contributed by atoms with E-state index in [4.69, 9.17) is 4.98 Å². The lowest BCUT2D eigenvalue weighted by molar-refractivity contribution is 0.0950. The van der Waals surface area contributed by atoms with Gasteiger partial charge in [0.15, 0.2) is 0 Å². The van der Waals surface area contributed by atoms with Gasteiger partial charge in [-0.15, -0.1) is 0 Å². The maximum Gasteiger partial charge on any atom is 0.253 e. The van der Waals surface area contributed by atoms with E-state index in [1.165, 1.54) is 0 Å². The zero-order chi connectivity index (χ0) is 29.3. The van der Waals surface area contributed by atoms with E-state index in [-0.39, 0.29) is 23.9 Å². The summed E-state index contributed by atoms with van der Waals surface area (Å²) in [5.74, 6) is 0.935. The normalized spacial score (nSPS) is 16.5. The maximum absolute atomic E-state index is 13.6. The Kier molecular flexibility index (Phi) is 8.47. The number of carbonyl (C=O) groups excluding carboxylic acids is 1. The van der Waals surface area contributed by atoms with Gasteiger partial charge in [0.2, 0.25) is 0 Å². The molecule has 9 heteroatoms. The maximum atomic E-state index is 13.6. The van der Waals surface area contributed by atoms with E-state index in [0.29, 0.717) is 17.7 Å². The van der Waals surface area contributed by atoms with Crippen LogP contribution in [0, 0.1) is 26.7 Å². The molecule has 3 N–H and O–H groups in total. The van der Waals surface area contributed by atoms with Gasteiger partial charge in [-0.1, -0.05) is 0 Å². The molecule has 3 aromatic rings. The van der Waals surface area contributed by atoms with E-state index >= 15 is 0 Å². The summed E-state index contributed by atoms with van der Waals surface area (Å²) in [6.45, 7) is 12.3. The van der Waals surface area contributed by atoms with Crippen LogP contribution in [-0.4, -0.2) is 71.9 Å². The molecule has 3 heterocycles. The summed E-state index contributed by atoms with van der Waals surface area (Å²) in [7, 11) is 2.14. The number of aliphatic hydroxyl groups is 1. The van der Waals surface area contributed by atoms with Crippen molar-refractivity contribution in [1.82, 2.24) is 20.2 Å². The number of aromatic nitrogens is 2. The number of pyridine rings is 2. The number of hydrogen-bond acceptors (Lipinski definition) is 7. The summed E-state index contributed by atoms with van der Waals surface area (Å²) in [5, 5.41) is 14.1. The smallest absolute Gasteiger partial charge is 0.253 e. The molecule has 1 saturated heterocycles. The summed E-state index contributed by atoms with van der Waals surface area (Å²) < 4.78 is 0. The number of aromatic amines is 1. The fraction of sp³-hybridized carbons (Fsp3) is 0.469. The highest BCUT2D eigenvalue weighted by Crippen LogP contribution is 2.38. The molecular formula is C32H42N6O3. The van der Waals surface area contributed by atoms with Gasteiger partial charge in [0.05, 0.1) is 0 Å². The third-order valence-electron chi connectivity index (χ3n) is 8.47. The second kappa shape index (κ2) is 12.0. The SMILES string of the molecule is CCN(c1cc(-c2ccc(N3CCN(C)CC3)nc2)cc(C(=O)NCc2c(C)cc(C)[nH]c2=O)c1C)C(O)C1CC1. The molecule has 9 nitrogen and oxygen atoms in total. The molecule has 0 spiro atoms. The minimum Gasteiger partial charge on any atom is -0.373 e. The Bertz CT molecular complexity index is 1460. The largest absolute Gasteiger partial charge is 0.373 e. The highest BCUT2D eigenvalue weighted by Gasteiger charge is 2.34. The molecule has 0 radical (unpaired) electrons. The Morgan fingerprint density at radius 1 is 1.12 bits per heavy atom. The molecular weight excluding hydrogens is 516 g/mol. The molecule has 2 aromatic heterocycles. The number of carbonyl (C=O) groups is 1. The van der Waals surface area contributed by atoms with Gasteiger partial charge < -0.3 is 30.1 Å². The lowest BCUT2D eigenvalue weighted by atomic mass is 9.97. The number of hydrogen-bond donors (Lipinski definition) is 3. The standard InChI is InChI=1S/C32H42N6O3/c1-6-38(32(41)23-7-8-23)28-17-25(24-9-10-29(33-18-24)37-13-11-36(5)12-14-37)16-26(22(28)4)30(39)34-19-27-20(2)15-21(3)35-31(27)40/h9-10,15-18,23,32,41H,6-8,11-14,19H2,1-5H3,(H,34,39)(H,35,40). The lowest BCUT2D eigenvalue weighted by Crippen LogP contribution is -2.44. The van der Waals surface area contributed by atoms with Crippen molar-refractivity contribution in [3.8, 4) is 11.1 Å². The highest BCUT2D eigenvalue weighted by atomic mass is 16.3. The van der Waals surface area contributed by atoms with Crippen LogP contribution in [-0.2, 0) is 6.54 Å². The number of aliphatic hydroxyl groups excluding tert-OH is 1. The van der Waals surface area contributed by atoms with Gasteiger partial charge in [0, 0.05) is 79.5 Å². The summed E-state index contributed by atoms with van der Waals surface area (Å²) >= 11 is 0. The molecule has 1 saturated carbocycles. The number of H-pyrrole nitrogens is 1. The number of amides is 1. The van der Waals surface area contributed by atoms with Crippen LogP contribution < -0.4 is 20.7 Å². The average Bonchev–Trinajstić information content (AvgIpc) is 3.80. The number of nitrogens with zero attached hydrogens (tertiary/aromatic N) is 4. The van der Waals surface area contributed by atoms with E-state index < -0.39 is 6.23 Å². The molecule has 0 bridgehead atoms. The number of aryl methyl sites for hydroxylation is 2. The van der Waals surface area contributed by atoms with Crippen molar-refractivity contribution < 1.29 is 9.90 Å². The van der Waals surface area contributed by atoms with Gasteiger partial charge in [-0.3, -0.25) is 9.59 Å². The number of anilines is 2. The van der Waals surface area contributed by atoms with Crippen molar-refractivity contribution in [3.05, 3.63) is 74.8 Å². The second-order valence-electron chi connectivity index (χ2n) is 11.5. The Balaban J connectivity index is 1.48. The third-order valence-corrected chi connectivity index (χ3v) is 8.47. The average molecular weight is 559 g/mol. The summed E-state index contributed by atoms with van der Waals surface area (Å²) in [6.07, 6.45) is 3.28. The zero-order valence-electron chi connectivity index (χ0n) is 24.8. The van der Waals surface area contributed by atoms with Crippen molar-refractivity contribution in [2.24, 2.45) is 5.92 Å². The van der Waals surface area contributed by atoms with E-state index in [9.17, 15) is 14.7 Å². The highest BCUT2D eigenvalue weighted by molar-refractivity contribution is 5.99. The van der Waals surface area contributed by atoms with E-state index in [1.54, 1.807) is 0 Å². The molecule has 1 atom stereocenters. The van der Waals surface area contributed by atoms with Crippen LogP contribution in [0.25, 0.3) is 11.1 Å². The second-order valence-corrected chi connectivity index (χ2v) is 11.5. The first-order valence-electron chi connectivity index (χ1n) is 14.6. The van der Waals surface area contributed by atoms with Crippen LogP contribution in [0.5, 0.6) is 0 Å². The van der Waals surface area contributed by atoms with Crippen LogP contribution in [0.1, 0.15) is 52.5 Å². The Morgan fingerprint density at radius 2 is 1.85 bits per heavy atom. The van der Waals surface area contributed by atoms with E-state index in [2.05, 4.69) is 39.3 Å². The van der Waals surface area contributed by atoms with E-state index in [1.807, 2.05) is 57.0 Å². The summed E-state index contributed by atoms with van der Waals surface area (Å²) in [6, 6.07) is 9.96. The first-order chi connectivity index (χ1) is 19.7. The van der Waals surface area contributed by atoms with Crippen molar-refractivity contribution in [3.63, 3.8) is 0 Å². The van der Waals surface area contributed by atoms with E-state index in [0.717, 1.165) is 78.5 Å². The van der Waals surface area contributed by atoms with Gasteiger partial charge in [-0.25, -0.2) is 4.98 Å². The number of likely N-dealkylation sites (N-methyl/N-ethyl adjacent to an activating group) is 1. The zero-order valence-corrected chi connectivity index (χ0v) is 24.8. The lowest BCUT2D eigenvalue weighted by Gasteiger charge is -2.33. The van der Waals surface area contributed by atoms with Gasteiger partial charge in [-0.05, 0) is 94.6 Å². The van der Waals surface area contributed by atoms with Crippen LogP contribution in [0.3, 0.4) is 0 Å². The molecule has 218 valence electrons. The molecule has 1 aliphatic heterocycles. The quantitative estimate of drug-likeness (QED) is 0.345. The predicted molar refractivity (Wildman–Crippen MR) is 164 cm³/mol. The fourth-order valence-electron chi connectivity index (χ4n) is 5.69. The number of piperazine rings is 1. The van der Waals surface area contributed by atoms with Gasteiger partial charge >= 0.3 is 0 Å². The first-order valence-corrected chi connectivity index (χ1v) is 14.6. The minimum atomic E-state index is -0.601. The molecule has 5 rings (SSSR count). The molecule has 1 aromatic carbocycles. The first kappa shape index (κ1) is 28.8. The van der Waals surface area contributed by atoms with Crippen LogP contribution in [0.15, 0.2) is 41.3 Å².